The summed E-state index contributed by atoms with van der Waals surface area (Å²) < 4.78 is 5.94. The first-order chi connectivity index (χ1) is 8.85. The SMILES string of the molecule is Cc1cc(OCCC(C)(C)C)c2cc(N)ccc2n1. The predicted octanol–water partition coefficient (Wildman–Crippen LogP) is 3.94. The number of hydrogen-bond donors (Lipinski definition) is 1. The van der Waals surface area contributed by atoms with Crippen LogP contribution in [-0.4, -0.2) is 11.6 Å². The molecule has 0 aliphatic rings. The Kier molecular flexibility index (Phi) is 3.65. The van der Waals surface area contributed by atoms with Crippen molar-refractivity contribution in [1.29, 1.82) is 0 Å². The minimum atomic E-state index is 0.275. The van der Waals surface area contributed by atoms with Gasteiger partial charge < -0.3 is 10.5 Å². The number of pyridine rings is 1. The summed E-state index contributed by atoms with van der Waals surface area (Å²) in [4.78, 5) is 4.50. The molecule has 1 aromatic carbocycles. The van der Waals surface area contributed by atoms with Crippen LogP contribution >= 0.6 is 0 Å². The van der Waals surface area contributed by atoms with E-state index >= 15 is 0 Å². The number of anilines is 1. The molecule has 0 saturated carbocycles. The number of hydrogen-bond acceptors (Lipinski definition) is 3. The second-order valence-corrected chi connectivity index (χ2v) is 6.20. The fraction of sp³-hybridized carbons (Fsp3) is 0.438. The van der Waals surface area contributed by atoms with Crippen LogP contribution in [0.4, 0.5) is 5.69 Å². The van der Waals surface area contributed by atoms with Gasteiger partial charge in [-0.25, -0.2) is 0 Å². The number of nitrogens with zero attached hydrogens (tertiary/aromatic N) is 1. The van der Waals surface area contributed by atoms with Crippen molar-refractivity contribution in [2.45, 2.75) is 34.1 Å². The van der Waals surface area contributed by atoms with Crippen LogP contribution in [0, 0.1) is 12.3 Å². The molecule has 0 aliphatic carbocycles. The molecule has 0 unspecified atom stereocenters. The van der Waals surface area contributed by atoms with Crippen LogP contribution in [-0.2, 0) is 0 Å². The van der Waals surface area contributed by atoms with Gasteiger partial charge in [0.1, 0.15) is 5.75 Å². The van der Waals surface area contributed by atoms with E-state index in [1.54, 1.807) is 0 Å². The van der Waals surface area contributed by atoms with Crippen molar-refractivity contribution in [3.8, 4) is 5.75 Å². The molecule has 0 amide bonds. The van der Waals surface area contributed by atoms with Crippen molar-refractivity contribution in [3.63, 3.8) is 0 Å². The number of ether oxygens (including phenoxy) is 1. The van der Waals surface area contributed by atoms with Crippen LogP contribution in [0.3, 0.4) is 0 Å². The number of rotatable bonds is 3. The molecule has 0 spiro atoms. The molecule has 0 atom stereocenters. The van der Waals surface area contributed by atoms with Crippen LogP contribution in [0.2, 0.25) is 0 Å². The third kappa shape index (κ3) is 3.60. The van der Waals surface area contributed by atoms with E-state index in [4.69, 9.17) is 10.5 Å². The third-order valence-electron chi connectivity index (χ3n) is 3.03. The lowest BCUT2D eigenvalue weighted by molar-refractivity contribution is 0.245. The summed E-state index contributed by atoms with van der Waals surface area (Å²) in [7, 11) is 0. The maximum atomic E-state index is 5.94. The van der Waals surface area contributed by atoms with Crippen LogP contribution in [0.15, 0.2) is 24.3 Å². The molecule has 0 saturated heterocycles. The molecule has 2 N–H and O–H groups in total. The van der Waals surface area contributed by atoms with Crippen LogP contribution in [0.1, 0.15) is 32.9 Å². The number of nitrogens with two attached hydrogens (primary N) is 1. The first-order valence-corrected chi connectivity index (χ1v) is 6.65. The van der Waals surface area contributed by atoms with Gasteiger partial charge in [-0.3, -0.25) is 4.98 Å². The molecule has 3 nitrogen and oxygen atoms in total. The van der Waals surface area contributed by atoms with Gasteiger partial charge in [0.15, 0.2) is 0 Å². The van der Waals surface area contributed by atoms with Crippen molar-refractivity contribution in [1.82, 2.24) is 4.98 Å². The van der Waals surface area contributed by atoms with E-state index in [0.717, 1.165) is 34.5 Å². The first kappa shape index (κ1) is 13.7. The summed E-state index contributed by atoms with van der Waals surface area (Å²) in [6.07, 6.45) is 1.01. The van der Waals surface area contributed by atoms with Gasteiger partial charge in [-0.1, -0.05) is 20.8 Å². The van der Waals surface area contributed by atoms with Gasteiger partial charge in [0.25, 0.3) is 0 Å². The highest BCUT2D eigenvalue weighted by atomic mass is 16.5. The number of fused-ring (bicyclic) bond motifs is 1. The summed E-state index contributed by atoms with van der Waals surface area (Å²) >= 11 is 0. The Morgan fingerprint density at radius 2 is 1.95 bits per heavy atom. The average molecular weight is 258 g/mol. The quantitative estimate of drug-likeness (QED) is 0.848. The monoisotopic (exact) mass is 258 g/mol. The number of aryl methyl sites for hydroxylation is 1. The van der Waals surface area contributed by atoms with Gasteiger partial charge in [-0.05, 0) is 37.0 Å². The van der Waals surface area contributed by atoms with E-state index in [2.05, 4.69) is 25.8 Å². The van der Waals surface area contributed by atoms with E-state index in [0.29, 0.717) is 6.61 Å². The summed E-state index contributed by atoms with van der Waals surface area (Å²) in [5, 5.41) is 0.986. The normalized spacial score (nSPS) is 11.8. The van der Waals surface area contributed by atoms with Gasteiger partial charge in [-0.2, -0.15) is 0 Å². The lowest BCUT2D eigenvalue weighted by Crippen LogP contribution is -2.11. The molecule has 3 heteroatoms. The Balaban J connectivity index is 2.28. The largest absolute Gasteiger partial charge is 0.493 e. The molecule has 0 bridgehead atoms. The van der Waals surface area contributed by atoms with Gasteiger partial charge in [0, 0.05) is 22.8 Å². The van der Waals surface area contributed by atoms with Crippen LogP contribution < -0.4 is 10.5 Å². The first-order valence-electron chi connectivity index (χ1n) is 6.65. The molecule has 1 heterocycles. The molecule has 0 fully saturated rings. The predicted molar refractivity (Wildman–Crippen MR) is 80.5 cm³/mol. The zero-order chi connectivity index (χ0) is 14.0. The summed E-state index contributed by atoms with van der Waals surface area (Å²) in [5.41, 5.74) is 8.75. The van der Waals surface area contributed by atoms with E-state index < -0.39 is 0 Å². The molecule has 2 aromatic rings. The highest BCUT2D eigenvalue weighted by molar-refractivity contribution is 5.87. The second kappa shape index (κ2) is 5.08. The Bertz CT molecular complexity index is 585. The number of nitrogen functional groups attached to an aromatic ring is 1. The highest BCUT2D eigenvalue weighted by Gasteiger charge is 2.11. The van der Waals surface area contributed by atoms with Crippen LogP contribution in [0.5, 0.6) is 5.75 Å². The third-order valence-corrected chi connectivity index (χ3v) is 3.03. The Morgan fingerprint density at radius 1 is 1.21 bits per heavy atom. The summed E-state index contributed by atoms with van der Waals surface area (Å²) in [5.74, 6) is 0.874. The van der Waals surface area contributed by atoms with E-state index in [1.807, 2.05) is 31.2 Å². The zero-order valence-electron chi connectivity index (χ0n) is 12.2. The molecule has 0 radical (unpaired) electrons. The standard InChI is InChI=1S/C16H22N2O/c1-11-9-15(19-8-7-16(2,3)4)13-10-12(17)5-6-14(13)18-11/h5-6,9-10H,7-8,17H2,1-4H3. The van der Waals surface area contributed by atoms with E-state index in [-0.39, 0.29) is 5.41 Å². The smallest absolute Gasteiger partial charge is 0.130 e. The Labute approximate surface area is 114 Å². The molecular weight excluding hydrogens is 236 g/mol. The lowest BCUT2D eigenvalue weighted by atomic mass is 9.93. The molecular formula is C16H22N2O. The minimum absolute atomic E-state index is 0.275. The van der Waals surface area contributed by atoms with Crippen molar-refractivity contribution in [2.75, 3.05) is 12.3 Å². The molecule has 19 heavy (non-hydrogen) atoms. The number of aromatic nitrogens is 1. The van der Waals surface area contributed by atoms with Crippen molar-refractivity contribution in [2.24, 2.45) is 5.41 Å². The average Bonchev–Trinajstić information content (AvgIpc) is 2.28. The lowest BCUT2D eigenvalue weighted by Gasteiger charge is -2.18. The maximum Gasteiger partial charge on any atom is 0.130 e. The molecule has 0 aliphatic heterocycles. The molecule has 2 rings (SSSR count). The zero-order valence-corrected chi connectivity index (χ0v) is 12.2. The summed E-state index contributed by atoms with van der Waals surface area (Å²) in [6.45, 7) is 9.32. The van der Waals surface area contributed by atoms with Gasteiger partial charge in [0.05, 0.1) is 12.1 Å². The summed E-state index contributed by atoms with van der Waals surface area (Å²) in [6, 6.07) is 7.71. The number of benzene rings is 1. The molecule has 102 valence electrons. The van der Waals surface area contributed by atoms with Crippen molar-refractivity contribution < 1.29 is 4.74 Å². The fourth-order valence-corrected chi connectivity index (χ4v) is 1.92. The fourth-order valence-electron chi connectivity index (χ4n) is 1.92. The molecule has 1 aromatic heterocycles. The maximum absolute atomic E-state index is 5.94. The van der Waals surface area contributed by atoms with Gasteiger partial charge in [0.2, 0.25) is 0 Å². The van der Waals surface area contributed by atoms with Gasteiger partial charge >= 0.3 is 0 Å². The van der Waals surface area contributed by atoms with Crippen molar-refractivity contribution >= 4 is 16.6 Å². The Hall–Kier alpha value is -1.77. The van der Waals surface area contributed by atoms with Gasteiger partial charge in [-0.15, -0.1) is 0 Å². The topological polar surface area (TPSA) is 48.1 Å². The highest BCUT2D eigenvalue weighted by Crippen LogP contribution is 2.28. The van der Waals surface area contributed by atoms with Crippen molar-refractivity contribution in [3.05, 3.63) is 30.0 Å². The van der Waals surface area contributed by atoms with E-state index in [9.17, 15) is 0 Å². The van der Waals surface area contributed by atoms with E-state index in [1.165, 1.54) is 0 Å². The second-order valence-electron chi connectivity index (χ2n) is 6.20. The van der Waals surface area contributed by atoms with Crippen LogP contribution in [0.25, 0.3) is 10.9 Å². The minimum Gasteiger partial charge on any atom is -0.493 e. The Morgan fingerprint density at radius 3 is 2.63 bits per heavy atom.